The fourth-order valence-electron chi connectivity index (χ4n) is 17.4. The third-order valence-electron chi connectivity index (χ3n) is 23.3. The second kappa shape index (κ2) is 17.9. The predicted molar refractivity (Wildman–Crippen MR) is 367 cm³/mol. The lowest BCUT2D eigenvalue weighted by Gasteiger charge is -2.51. The molecule has 0 N–H and O–H groups in total. The number of benzene rings is 7. The molecule has 3 aliphatic heterocycles. The van der Waals surface area contributed by atoms with Crippen LogP contribution in [0, 0.1) is 6.92 Å². The summed E-state index contributed by atoms with van der Waals surface area (Å²) in [6.45, 7) is 41.3. The Morgan fingerprint density at radius 2 is 1.11 bits per heavy atom. The number of hydrogen-bond donors (Lipinski definition) is 0. The smallest absolute Gasteiger partial charge is 0.305 e. The highest BCUT2D eigenvalue weighted by Gasteiger charge is 2.59. The van der Waals surface area contributed by atoms with Crippen LogP contribution in [0.2, 0.25) is 0 Å². The Hall–Kier alpha value is -6.30. The molecule has 0 radical (unpaired) electrons. The summed E-state index contributed by atoms with van der Waals surface area (Å²) in [5, 5.41) is 2.68. The van der Waals surface area contributed by atoms with Gasteiger partial charge in [0.25, 0.3) is 0 Å². The minimum Gasteiger partial charge on any atom is -0.468 e. The van der Waals surface area contributed by atoms with E-state index in [4.69, 9.17) is 4.42 Å². The van der Waals surface area contributed by atoms with Gasteiger partial charge in [0, 0.05) is 38.1 Å². The van der Waals surface area contributed by atoms with E-state index in [1.807, 2.05) is 0 Å². The van der Waals surface area contributed by atoms with E-state index in [1.165, 1.54) is 158 Å². The van der Waals surface area contributed by atoms with Gasteiger partial charge >= 0.3 is 6.71 Å². The largest absolute Gasteiger partial charge is 0.468 e. The van der Waals surface area contributed by atoms with Crippen molar-refractivity contribution in [2.24, 2.45) is 0 Å². The monoisotopic (exact) mass is 1140 g/mol. The van der Waals surface area contributed by atoms with Crippen LogP contribution in [0.4, 0.5) is 28.4 Å². The zero-order chi connectivity index (χ0) is 59.7. The van der Waals surface area contributed by atoms with E-state index >= 15 is 0 Å². The first kappa shape index (κ1) is 55.3. The molecule has 0 saturated heterocycles. The number of fused-ring (bicyclic) bond motifs is 13. The first-order valence-electron chi connectivity index (χ1n) is 32.4. The average Bonchev–Trinajstić information content (AvgIpc) is 1.58. The Kier molecular flexibility index (Phi) is 11.7. The van der Waals surface area contributed by atoms with Crippen LogP contribution >= 0.6 is 11.3 Å². The normalized spacial score (nSPS) is 22.2. The van der Waals surface area contributed by atoms with Gasteiger partial charge in [-0.15, -0.1) is 11.3 Å². The molecular weight excluding hydrogens is 1050 g/mol. The SMILES string of the molecule is Cc1ccc(C(C)(C)C)cc1-c1cccc(-c2cccc3c2N(c2cc4c5c(c2)N(c2ccc(C(C)(C)C)cc2)c2c(oc6cc7c(cc26)C(C)(C)CCC7(C)C)B5c2sc5cc6c(cc5c2C4)C(C)(C)CCC6(C)C)C2(C)CCCCC32C)c1. The zero-order valence-corrected chi connectivity index (χ0v) is 55.0. The van der Waals surface area contributed by atoms with Gasteiger partial charge in [0.1, 0.15) is 11.2 Å². The first-order valence-corrected chi connectivity index (χ1v) is 33.3. The minimum absolute atomic E-state index is 0.00846. The van der Waals surface area contributed by atoms with Crippen molar-refractivity contribution in [2.75, 3.05) is 9.80 Å². The highest BCUT2D eigenvalue weighted by Crippen LogP contribution is 2.64. The van der Waals surface area contributed by atoms with Gasteiger partial charge in [-0.25, -0.2) is 0 Å². The van der Waals surface area contributed by atoms with Gasteiger partial charge in [-0.1, -0.05) is 183 Å². The van der Waals surface area contributed by atoms with Crippen molar-refractivity contribution in [1.29, 1.82) is 0 Å². The number of rotatable bonds is 4. The molecule has 85 heavy (non-hydrogen) atoms. The van der Waals surface area contributed by atoms with E-state index < -0.39 is 0 Å². The second-order valence-corrected chi connectivity index (χ2v) is 33.7. The van der Waals surface area contributed by atoms with E-state index in [-0.39, 0.29) is 50.2 Å². The number of aryl methyl sites for hydroxylation is 1. The number of furan rings is 1. The van der Waals surface area contributed by atoms with Gasteiger partial charge in [0.15, 0.2) is 0 Å². The number of hydrogen-bond acceptors (Lipinski definition) is 4. The Morgan fingerprint density at radius 1 is 0.518 bits per heavy atom. The maximum atomic E-state index is 7.78. The van der Waals surface area contributed by atoms with Gasteiger partial charge in [-0.2, -0.15) is 0 Å². The van der Waals surface area contributed by atoms with Crippen LogP contribution in [0.1, 0.15) is 218 Å². The third-order valence-corrected chi connectivity index (χ3v) is 24.6. The molecule has 2 atom stereocenters. The van der Waals surface area contributed by atoms with Crippen molar-refractivity contribution in [1.82, 2.24) is 0 Å². The fraction of sp³-hybridized carbons (Fsp3) is 0.425. The Balaban J connectivity index is 1.03. The summed E-state index contributed by atoms with van der Waals surface area (Å²) in [5.74, 6) is 0. The van der Waals surface area contributed by atoms with Gasteiger partial charge < -0.3 is 14.2 Å². The summed E-state index contributed by atoms with van der Waals surface area (Å²) in [4.78, 5) is 5.60. The molecule has 2 unspecified atom stereocenters. The Labute approximate surface area is 512 Å². The zero-order valence-electron chi connectivity index (χ0n) is 54.2. The molecule has 5 heterocycles. The summed E-state index contributed by atoms with van der Waals surface area (Å²) < 4.78 is 10.7. The summed E-state index contributed by atoms with van der Waals surface area (Å²) in [6.07, 6.45) is 10.3. The van der Waals surface area contributed by atoms with Crippen LogP contribution in [0.15, 0.2) is 126 Å². The van der Waals surface area contributed by atoms with Crippen molar-refractivity contribution in [2.45, 2.75) is 219 Å². The molecule has 0 amide bonds. The quantitative estimate of drug-likeness (QED) is 0.164. The van der Waals surface area contributed by atoms with Crippen molar-refractivity contribution < 1.29 is 4.42 Å². The summed E-state index contributed by atoms with van der Waals surface area (Å²) in [7, 11) is 0. The summed E-state index contributed by atoms with van der Waals surface area (Å²) >= 11 is 2.06. The van der Waals surface area contributed by atoms with E-state index in [0.29, 0.717) is 0 Å². The summed E-state index contributed by atoms with van der Waals surface area (Å²) in [5.41, 5.74) is 29.6. The molecule has 1 fully saturated rings. The topological polar surface area (TPSA) is 19.6 Å². The average molecular weight is 1140 g/mol. The van der Waals surface area contributed by atoms with Crippen molar-refractivity contribution in [3.05, 3.63) is 177 Å². The minimum atomic E-state index is -0.190. The number of para-hydroxylation sites is 1. The number of nitrogens with zero attached hydrogens (tertiary/aromatic N) is 2. The lowest BCUT2D eigenvalue weighted by atomic mass is 9.37. The molecule has 9 aromatic rings. The predicted octanol–water partition coefficient (Wildman–Crippen LogP) is 20.5. The molecule has 3 aliphatic carbocycles. The number of thiophene rings is 1. The maximum absolute atomic E-state index is 7.78. The molecule has 0 bridgehead atoms. The van der Waals surface area contributed by atoms with Crippen LogP contribution in [0.3, 0.4) is 0 Å². The molecule has 1 saturated carbocycles. The third kappa shape index (κ3) is 7.95. The first-order chi connectivity index (χ1) is 40.0. The molecule has 3 nitrogen and oxygen atoms in total. The van der Waals surface area contributed by atoms with E-state index in [1.54, 1.807) is 0 Å². The Bertz CT molecular complexity index is 4320. The molecule has 15 rings (SSSR count). The van der Waals surface area contributed by atoms with Gasteiger partial charge in [-0.3, -0.25) is 0 Å². The van der Waals surface area contributed by atoms with Crippen molar-refractivity contribution in [3.8, 4) is 22.3 Å². The van der Waals surface area contributed by atoms with Gasteiger partial charge in [0.2, 0.25) is 0 Å². The van der Waals surface area contributed by atoms with Crippen molar-refractivity contribution >= 4 is 83.4 Å². The van der Waals surface area contributed by atoms with Crippen LogP contribution in [0.5, 0.6) is 0 Å². The highest BCUT2D eigenvalue weighted by molar-refractivity contribution is 7.32. The van der Waals surface area contributed by atoms with E-state index in [9.17, 15) is 0 Å². The lowest BCUT2D eigenvalue weighted by molar-refractivity contribution is 0.195. The standard InChI is InChI=1S/C80H89BN2OS/c1-47-26-27-52(74(5,6)7)41-56(47)49-23-20-22-48(38-49)55-24-21-25-60-69(55)83(80(17)33-19-18-32-79(60,80)16)54-39-50-40-58-57-43-61-64(78(14,15)37-35-75(61,8)9)46-67(57)85-72(58)81-68(50)65(42-54)82(53-30-28-51(29-31-53)73(2,3)4)70-59-44-62-63(45-66(59)84-71(70)81)77(12,13)36-34-76(62,10)11/h20-31,38-39,41-46H,18-19,32-37,40H2,1-17H3. The van der Waals surface area contributed by atoms with Crippen LogP contribution in [-0.4, -0.2) is 12.3 Å². The molecule has 7 aromatic carbocycles. The van der Waals surface area contributed by atoms with Crippen LogP contribution < -0.4 is 25.7 Å². The molecule has 6 aliphatic rings. The maximum Gasteiger partial charge on any atom is 0.305 e. The van der Waals surface area contributed by atoms with E-state index in [0.717, 1.165) is 43.3 Å². The van der Waals surface area contributed by atoms with Gasteiger partial charge in [-0.05, 0) is 234 Å². The number of anilines is 5. The molecule has 0 spiro atoms. The second-order valence-electron chi connectivity index (χ2n) is 32.6. The van der Waals surface area contributed by atoms with Crippen molar-refractivity contribution in [3.63, 3.8) is 0 Å². The molecule has 5 heteroatoms. The molecule has 434 valence electrons. The summed E-state index contributed by atoms with van der Waals surface area (Å²) in [6, 6.07) is 49.3. The van der Waals surface area contributed by atoms with E-state index in [2.05, 4.69) is 260 Å². The molecule has 2 aromatic heterocycles. The lowest BCUT2D eigenvalue weighted by Crippen LogP contribution is -2.60. The molecular formula is C80H89BN2OS. The highest BCUT2D eigenvalue weighted by atomic mass is 32.1. The van der Waals surface area contributed by atoms with Crippen LogP contribution in [0.25, 0.3) is 43.3 Å². The Morgan fingerprint density at radius 3 is 1.76 bits per heavy atom. The fourth-order valence-corrected chi connectivity index (χ4v) is 18.8. The van der Waals surface area contributed by atoms with Crippen LogP contribution in [-0.2, 0) is 44.3 Å². The van der Waals surface area contributed by atoms with Gasteiger partial charge in [0.05, 0.1) is 16.9 Å².